The number of halogens is 2. The van der Waals surface area contributed by atoms with Crippen molar-refractivity contribution < 1.29 is 37.3 Å². The minimum Gasteiger partial charge on any atom is -0.490 e. The van der Waals surface area contributed by atoms with E-state index in [0.717, 1.165) is 45.5 Å². The minimum absolute atomic E-state index is 0.103. The third-order valence-corrected chi connectivity index (χ3v) is 7.22. The van der Waals surface area contributed by atoms with Crippen LogP contribution < -0.4 is 9.47 Å². The molecule has 0 atom stereocenters. The molecule has 0 N–H and O–H groups in total. The van der Waals surface area contributed by atoms with Crippen molar-refractivity contribution >= 4 is 11.9 Å². The predicted octanol–water partition coefficient (Wildman–Crippen LogP) is 8.04. The third kappa shape index (κ3) is 11.0. The van der Waals surface area contributed by atoms with E-state index in [4.69, 9.17) is 18.9 Å². The summed E-state index contributed by atoms with van der Waals surface area (Å²) in [6.07, 6.45) is 3.01. The van der Waals surface area contributed by atoms with Gasteiger partial charge in [-0.2, -0.15) is 0 Å². The van der Waals surface area contributed by atoms with Crippen LogP contribution >= 0.6 is 0 Å². The SMILES string of the molecule is C=CC(=O)OCCCOc1ccc(C#Cc2ccc(-c3ccc(C#Cc4ccc(OCCCOC(=O)C=C)c(F)c4)cc3C)c(C)c2)cc1F. The summed E-state index contributed by atoms with van der Waals surface area (Å²) in [4.78, 5) is 22.1. The van der Waals surface area contributed by atoms with Gasteiger partial charge in [0.2, 0.25) is 0 Å². The average Bonchev–Trinajstić information content (AvgIpc) is 3.11. The molecule has 0 unspecified atom stereocenters. The van der Waals surface area contributed by atoms with Crippen LogP contribution in [0.3, 0.4) is 0 Å². The van der Waals surface area contributed by atoms with Gasteiger partial charge < -0.3 is 18.9 Å². The molecule has 254 valence electrons. The summed E-state index contributed by atoms with van der Waals surface area (Å²) in [7, 11) is 0. The molecule has 0 amide bonds. The summed E-state index contributed by atoms with van der Waals surface area (Å²) in [5.41, 5.74) is 6.77. The van der Waals surface area contributed by atoms with E-state index in [1.807, 2.05) is 50.2 Å². The first-order valence-corrected chi connectivity index (χ1v) is 15.9. The van der Waals surface area contributed by atoms with E-state index < -0.39 is 23.6 Å². The Labute approximate surface area is 291 Å². The normalized spacial score (nSPS) is 10.1. The number of carbonyl (C=O) groups is 2. The van der Waals surface area contributed by atoms with Crippen LogP contribution in [0.5, 0.6) is 11.5 Å². The molecule has 0 fully saturated rings. The van der Waals surface area contributed by atoms with Crippen LogP contribution in [0.15, 0.2) is 98.1 Å². The molecule has 0 aliphatic heterocycles. The molecule has 0 radical (unpaired) electrons. The zero-order valence-corrected chi connectivity index (χ0v) is 27.9. The Bertz CT molecular complexity index is 1860. The molecule has 0 spiro atoms. The molecule has 8 heteroatoms. The molecular formula is C42H36F2O6. The number of aryl methyl sites for hydroxylation is 2. The Morgan fingerprint density at radius 3 is 1.28 bits per heavy atom. The van der Waals surface area contributed by atoms with Crippen LogP contribution in [-0.2, 0) is 19.1 Å². The summed E-state index contributed by atoms with van der Waals surface area (Å²) in [6, 6.07) is 20.9. The van der Waals surface area contributed by atoms with E-state index >= 15 is 0 Å². The Kier molecular flexibility index (Phi) is 13.5. The topological polar surface area (TPSA) is 71.1 Å². The van der Waals surface area contributed by atoms with Gasteiger partial charge in [-0.25, -0.2) is 18.4 Å². The van der Waals surface area contributed by atoms with Gasteiger partial charge in [0.1, 0.15) is 0 Å². The molecule has 0 aliphatic carbocycles. The largest absolute Gasteiger partial charge is 0.490 e. The molecule has 6 nitrogen and oxygen atoms in total. The van der Waals surface area contributed by atoms with Gasteiger partial charge >= 0.3 is 11.9 Å². The van der Waals surface area contributed by atoms with Crippen LogP contribution in [0.4, 0.5) is 8.78 Å². The van der Waals surface area contributed by atoms with E-state index in [0.29, 0.717) is 24.0 Å². The highest BCUT2D eigenvalue weighted by molar-refractivity contribution is 5.81. The Hall–Kier alpha value is -6.12. The lowest BCUT2D eigenvalue weighted by Gasteiger charge is -2.10. The summed E-state index contributed by atoms with van der Waals surface area (Å²) in [6.45, 7) is 11.4. The summed E-state index contributed by atoms with van der Waals surface area (Å²) in [5.74, 6) is 10.4. The van der Waals surface area contributed by atoms with E-state index in [2.05, 4.69) is 36.8 Å². The zero-order valence-electron chi connectivity index (χ0n) is 27.9. The maximum atomic E-state index is 14.6. The van der Waals surface area contributed by atoms with E-state index in [-0.39, 0.29) is 37.9 Å². The molecule has 4 rings (SSSR count). The Balaban J connectivity index is 1.35. The second kappa shape index (κ2) is 18.4. The van der Waals surface area contributed by atoms with E-state index in [9.17, 15) is 18.4 Å². The predicted molar refractivity (Wildman–Crippen MR) is 189 cm³/mol. The number of rotatable bonds is 13. The molecule has 4 aromatic rings. The van der Waals surface area contributed by atoms with Crippen LogP contribution in [0.2, 0.25) is 0 Å². The van der Waals surface area contributed by atoms with Gasteiger partial charge in [-0.3, -0.25) is 0 Å². The van der Waals surface area contributed by atoms with Gasteiger partial charge in [0.25, 0.3) is 0 Å². The first kappa shape index (κ1) is 36.7. The maximum absolute atomic E-state index is 14.6. The maximum Gasteiger partial charge on any atom is 0.330 e. The number of benzene rings is 4. The van der Waals surface area contributed by atoms with Gasteiger partial charge in [0, 0.05) is 47.2 Å². The van der Waals surface area contributed by atoms with Gasteiger partial charge in [0.05, 0.1) is 26.4 Å². The van der Waals surface area contributed by atoms with Crippen LogP contribution in [0.25, 0.3) is 11.1 Å². The number of ether oxygens (including phenoxy) is 4. The highest BCUT2D eigenvalue weighted by Crippen LogP contribution is 2.28. The second-order valence-corrected chi connectivity index (χ2v) is 11.0. The molecule has 0 saturated heterocycles. The van der Waals surface area contributed by atoms with E-state index in [1.54, 1.807) is 12.1 Å². The molecule has 0 saturated carbocycles. The Morgan fingerprint density at radius 2 is 0.940 bits per heavy atom. The zero-order chi connectivity index (χ0) is 35.9. The molecule has 0 aromatic heterocycles. The number of hydrogen-bond donors (Lipinski definition) is 0. The lowest BCUT2D eigenvalue weighted by molar-refractivity contribution is -0.138. The number of esters is 2. The first-order chi connectivity index (χ1) is 24.2. The summed E-state index contributed by atoms with van der Waals surface area (Å²) < 4.78 is 49.8. The van der Waals surface area contributed by atoms with Crippen molar-refractivity contribution in [2.45, 2.75) is 26.7 Å². The highest BCUT2D eigenvalue weighted by Gasteiger charge is 2.08. The van der Waals surface area contributed by atoms with Crippen molar-refractivity contribution in [1.82, 2.24) is 0 Å². The van der Waals surface area contributed by atoms with Crippen LogP contribution in [-0.4, -0.2) is 38.4 Å². The second-order valence-electron chi connectivity index (χ2n) is 11.0. The molecular weight excluding hydrogens is 638 g/mol. The van der Waals surface area contributed by atoms with Crippen LogP contribution in [0, 0.1) is 49.2 Å². The Morgan fingerprint density at radius 1 is 0.580 bits per heavy atom. The van der Waals surface area contributed by atoms with Crippen molar-refractivity contribution in [2.75, 3.05) is 26.4 Å². The monoisotopic (exact) mass is 674 g/mol. The number of hydrogen-bond acceptors (Lipinski definition) is 6. The van der Waals surface area contributed by atoms with Crippen molar-refractivity contribution in [3.05, 3.63) is 143 Å². The van der Waals surface area contributed by atoms with Crippen molar-refractivity contribution in [1.29, 1.82) is 0 Å². The first-order valence-electron chi connectivity index (χ1n) is 15.9. The fraction of sp³-hybridized carbons (Fsp3) is 0.190. The van der Waals surface area contributed by atoms with Crippen molar-refractivity contribution in [3.63, 3.8) is 0 Å². The molecule has 50 heavy (non-hydrogen) atoms. The van der Waals surface area contributed by atoms with Gasteiger partial charge in [-0.1, -0.05) is 49.0 Å². The van der Waals surface area contributed by atoms with E-state index in [1.165, 1.54) is 24.3 Å². The van der Waals surface area contributed by atoms with Crippen molar-refractivity contribution in [3.8, 4) is 46.3 Å². The average molecular weight is 675 g/mol. The minimum atomic E-state index is -0.524. The number of carbonyl (C=O) groups excluding carboxylic acids is 2. The summed E-state index contributed by atoms with van der Waals surface area (Å²) >= 11 is 0. The fourth-order valence-electron chi connectivity index (χ4n) is 4.71. The fourth-order valence-corrected chi connectivity index (χ4v) is 4.71. The lowest BCUT2D eigenvalue weighted by Crippen LogP contribution is -2.07. The molecule has 0 aliphatic rings. The lowest BCUT2D eigenvalue weighted by atomic mass is 9.94. The highest BCUT2D eigenvalue weighted by atomic mass is 19.1. The summed E-state index contributed by atoms with van der Waals surface area (Å²) in [5, 5.41) is 0. The smallest absolute Gasteiger partial charge is 0.330 e. The van der Waals surface area contributed by atoms with Gasteiger partial charge in [-0.15, -0.1) is 0 Å². The van der Waals surface area contributed by atoms with Gasteiger partial charge in [-0.05, 0) is 96.8 Å². The quantitative estimate of drug-likeness (QED) is 0.0619. The molecule has 0 heterocycles. The third-order valence-electron chi connectivity index (χ3n) is 7.22. The van der Waals surface area contributed by atoms with Crippen molar-refractivity contribution in [2.24, 2.45) is 0 Å². The molecule has 4 aromatic carbocycles. The van der Waals surface area contributed by atoms with Crippen LogP contribution in [0.1, 0.15) is 46.2 Å². The standard InChI is InChI=1S/C42H36F2O6/c1-5-41(45)49-23-7-21-47-39-19-15-33(27-37(39)43)11-9-31-13-17-35(29(3)25-31)36-18-14-32(26-30(36)4)10-12-34-16-20-40(38(44)28-34)48-22-8-24-50-42(46)6-2/h5-6,13-20,25-28H,1-2,7-8,21-24H2,3-4H3. The molecule has 0 bridgehead atoms. The van der Waals surface area contributed by atoms with Gasteiger partial charge in [0.15, 0.2) is 23.1 Å².